The van der Waals surface area contributed by atoms with E-state index in [1.165, 1.54) is 12.1 Å². The lowest BCUT2D eigenvalue weighted by molar-refractivity contribution is -0.270. The Morgan fingerprint density at radius 1 is 0.750 bits per heavy atom. The van der Waals surface area contributed by atoms with E-state index in [2.05, 4.69) is 5.32 Å². The first-order valence-electron chi connectivity index (χ1n) is 12.4. The van der Waals surface area contributed by atoms with Crippen LogP contribution in [0.5, 0.6) is 5.75 Å². The lowest BCUT2D eigenvalue weighted by Crippen LogP contribution is -2.67. The summed E-state index contributed by atoms with van der Waals surface area (Å²) in [7, 11) is 0. The van der Waals surface area contributed by atoms with Gasteiger partial charge in [-0.1, -0.05) is 30.3 Å². The average Bonchev–Trinajstić information content (AvgIpc) is 2.89. The Labute approximate surface area is 230 Å². The molecule has 0 unspecified atom stereocenters. The van der Waals surface area contributed by atoms with Gasteiger partial charge in [0.2, 0.25) is 6.29 Å². The quantitative estimate of drug-likeness (QED) is 0.337. The first-order valence-corrected chi connectivity index (χ1v) is 12.4. The second-order valence-corrected chi connectivity index (χ2v) is 8.90. The van der Waals surface area contributed by atoms with Gasteiger partial charge in [0.1, 0.15) is 31.1 Å². The number of nitrogens with one attached hydrogen (secondary N) is 1. The normalized spacial score (nSPS) is 21.9. The van der Waals surface area contributed by atoms with Gasteiger partial charge in [0.25, 0.3) is 5.91 Å². The standard InChI is InChI=1S/C28H31NO11/c1-16(30)35-15-23-25(37-17(2)31)26(38-18(3)32)24(28(40-23)39-19(4)33)29-27(34)21-10-12-22(13-11-21)36-14-20-8-6-5-7-9-20/h5-13,23-26,28H,14-15H2,1-4H3,(H,29,34)/t23-,24+,25-,26+,28-/m0/s1. The number of ether oxygens (including phenoxy) is 6. The zero-order valence-electron chi connectivity index (χ0n) is 22.5. The Kier molecular flexibility index (Phi) is 10.6. The highest BCUT2D eigenvalue weighted by atomic mass is 16.7. The molecule has 1 N–H and O–H groups in total. The molecular formula is C28H31NO11. The fourth-order valence-electron chi connectivity index (χ4n) is 4.00. The zero-order chi connectivity index (χ0) is 29.2. The predicted octanol–water partition coefficient (Wildman–Crippen LogP) is 2.08. The van der Waals surface area contributed by atoms with Crippen LogP contribution >= 0.6 is 0 Å². The van der Waals surface area contributed by atoms with Gasteiger partial charge in [-0.05, 0) is 29.8 Å². The molecule has 1 saturated heterocycles. The van der Waals surface area contributed by atoms with Crippen LogP contribution in [0.15, 0.2) is 54.6 Å². The number of rotatable bonds is 10. The molecule has 0 bridgehead atoms. The summed E-state index contributed by atoms with van der Waals surface area (Å²) in [6.45, 7) is 4.46. The summed E-state index contributed by atoms with van der Waals surface area (Å²) in [4.78, 5) is 60.4. The second-order valence-electron chi connectivity index (χ2n) is 8.90. The van der Waals surface area contributed by atoms with E-state index in [4.69, 9.17) is 28.4 Å². The fourth-order valence-corrected chi connectivity index (χ4v) is 4.00. The van der Waals surface area contributed by atoms with Gasteiger partial charge in [0.15, 0.2) is 12.2 Å². The summed E-state index contributed by atoms with van der Waals surface area (Å²) in [5.74, 6) is -3.03. The van der Waals surface area contributed by atoms with Crippen LogP contribution in [-0.2, 0) is 49.5 Å². The van der Waals surface area contributed by atoms with Crippen LogP contribution in [0.2, 0.25) is 0 Å². The van der Waals surface area contributed by atoms with Crippen molar-refractivity contribution in [1.29, 1.82) is 0 Å². The molecule has 40 heavy (non-hydrogen) atoms. The number of hydrogen-bond donors (Lipinski definition) is 1. The molecule has 0 aliphatic carbocycles. The van der Waals surface area contributed by atoms with E-state index in [0.29, 0.717) is 12.4 Å². The van der Waals surface area contributed by atoms with Crippen molar-refractivity contribution >= 4 is 29.8 Å². The maximum Gasteiger partial charge on any atom is 0.305 e. The SMILES string of the molecule is CC(=O)OC[C@@H]1O[C@H](OC(C)=O)[C@H](NC(=O)c2ccc(OCc3ccccc3)cc2)[C@@H](OC(C)=O)[C@H]1OC(C)=O. The summed E-state index contributed by atoms with van der Waals surface area (Å²) in [5.41, 5.74) is 1.19. The zero-order valence-corrected chi connectivity index (χ0v) is 22.5. The van der Waals surface area contributed by atoms with Crippen molar-refractivity contribution in [2.75, 3.05) is 6.61 Å². The van der Waals surface area contributed by atoms with Crippen molar-refractivity contribution in [2.24, 2.45) is 0 Å². The van der Waals surface area contributed by atoms with Crippen LogP contribution in [0, 0.1) is 0 Å². The topological polar surface area (TPSA) is 153 Å². The molecule has 2 aromatic carbocycles. The van der Waals surface area contributed by atoms with E-state index in [0.717, 1.165) is 33.3 Å². The van der Waals surface area contributed by atoms with Gasteiger partial charge in [-0.3, -0.25) is 24.0 Å². The smallest absolute Gasteiger partial charge is 0.305 e. The average molecular weight is 558 g/mol. The van der Waals surface area contributed by atoms with Crippen molar-refractivity contribution in [1.82, 2.24) is 5.32 Å². The van der Waals surface area contributed by atoms with Crippen molar-refractivity contribution in [3.8, 4) is 5.75 Å². The third-order valence-electron chi connectivity index (χ3n) is 5.65. The molecule has 1 aliphatic heterocycles. The molecule has 1 heterocycles. The summed E-state index contributed by atoms with van der Waals surface area (Å²) >= 11 is 0. The van der Waals surface area contributed by atoms with Crippen molar-refractivity contribution in [2.45, 2.75) is 64.9 Å². The molecule has 3 rings (SSSR count). The van der Waals surface area contributed by atoms with Gasteiger partial charge in [0, 0.05) is 33.3 Å². The Hall–Kier alpha value is -4.45. The Morgan fingerprint density at radius 2 is 1.35 bits per heavy atom. The fraction of sp³-hybridized carbons (Fsp3) is 0.393. The van der Waals surface area contributed by atoms with Crippen LogP contribution in [0.1, 0.15) is 43.6 Å². The van der Waals surface area contributed by atoms with Crippen LogP contribution in [0.4, 0.5) is 0 Å². The molecule has 1 amide bonds. The molecule has 0 aromatic heterocycles. The van der Waals surface area contributed by atoms with E-state index in [1.807, 2.05) is 30.3 Å². The molecule has 0 spiro atoms. The summed E-state index contributed by atoms with van der Waals surface area (Å²) < 4.78 is 32.6. The number of esters is 4. The predicted molar refractivity (Wildman–Crippen MR) is 137 cm³/mol. The summed E-state index contributed by atoms with van der Waals surface area (Å²) in [6.07, 6.45) is -5.34. The molecule has 12 heteroatoms. The molecule has 5 atom stereocenters. The van der Waals surface area contributed by atoms with Crippen molar-refractivity contribution in [3.63, 3.8) is 0 Å². The number of carbonyl (C=O) groups excluding carboxylic acids is 5. The van der Waals surface area contributed by atoms with Gasteiger partial charge < -0.3 is 33.7 Å². The van der Waals surface area contributed by atoms with Gasteiger partial charge in [-0.25, -0.2) is 0 Å². The highest BCUT2D eigenvalue weighted by molar-refractivity contribution is 5.94. The van der Waals surface area contributed by atoms with Gasteiger partial charge >= 0.3 is 23.9 Å². The number of hydrogen-bond acceptors (Lipinski definition) is 11. The lowest BCUT2D eigenvalue weighted by atomic mass is 9.95. The van der Waals surface area contributed by atoms with Crippen LogP contribution < -0.4 is 10.1 Å². The molecule has 12 nitrogen and oxygen atoms in total. The molecule has 1 fully saturated rings. The first kappa shape index (κ1) is 30.1. The van der Waals surface area contributed by atoms with Gasteiger partial charge in [-0.2, -0.15) is 0 Å². The number of carbonyl (C=O) groups is 5. The van der Waals surface area contributed by atoms with Gasteiger partial charge in [-0.15, -0.1) is 0 Å². The first-order chi connectivity index (χ1) is 19.0. The summed E-state index contributed by atoms with van der Waals surface area (Å²) in [6, 6.07) is 14.5. The summed E-state index contributed by atoms with van der Waals surface area (Å²) in [5, 5.41) is 2.65. The second kappa shape index (κ2) is 14.1. The van der Waals surface area contributed by atoms with E-state index in [9.17, 15) is 24.0 Å². The van der Waals surface area contributed by atoms with Crippen LogP contribution in [-0.4, -0.2) is 67.0 Å². The van der Waals surface area contributed by atoms with Crippen LogP contribution in [0.3, 0.4) is 0 Å². The van der Waals surface area contributed by atoms with E-state index in [1.54, 1.807) is 12.1 Å². The third-order valence-corrected chi connectivity index (χ3v) is 5.65. The lowest BCUT2D eigenvalue weighted by Gasteiger charge is -2.44. The maximum absolute atomic E-state index is 13.2. The maximum atomic E-state index is 13.2. The molecular weight excluding hydrogens is 526 g/mol. The Bertz CT molecular complexity index is 1200. The molecule has 214 valence electrons. The number of amides is 1. The highest BCUT2D eigenvalue weighted by Gasteiger charge is 2.52. The van der Waals surface area contributed by atoms with E-state index >= 15 is 0 Å². The van der Waals surface area contributed by atoms with E-state index < -0.39 is 67.0 Å². The van der Waals surface area contributed by atoms with Crippen molar-refractivity contribution in [3.05, 3.63) is 65.7 Å². The monoisotopic (exact) mass is 557 g/mol. The minimum absolute atomic E-state index is 0.210. The van der Waals surface area contributed by atoms with Gasteiger partial charge in [0.05, 0.1) is 0 Å². The largest absolute Gasteiger partial charge is 0.489 e. The van der Waals surface area contributed by atoms with Crippen LogP contribution in [0.25, 0.3) is 0 Å². The third kappa shape index (κ3) is 8.80. The highest BCUT2D eigenvalue weighted by Crippen LogP contribution is 2.28. The minimum atomic E-state index is -1.48. The molecule has 0 saturated carbocycles. The Balaban J connectivity index is 1.83. The molecule has 0 radical (unpaired) electrons. The number of benzene rings is 2. The minimum Gasteiger partial charge on any atom is -0.489 e. The molecule has 1 aliphatic rings. The van der Waals surface area contributed by atoms with Crippen molar-refractivity contribution < 1.29 is 52.4 Å². The van der Waals surface area contributed by atoms with E-state index in [-0.39, 0.29) is 5.56 Å². The molecule has 2 aromatic rings. The Morgan fingerprint density at radius 3 is 1.93 bits per heavy atom.